The molecule has 0 saturated heterocycles. The number of anilines is 1. The maximum Gasteiger partial charge on any atom is 0.348 e. The van der Waals surface area contributed by atoms with E-state index < -0.39 is 0 Å². The summed E-state index contributed by atoms with van der Waals surface area (Å²) >= 11 is 2.57. The highest BCUT2D eigenvalue weighted by atomic mass is 32.2. The number of nitrogens with zero attached hydrogens (tertiary/aromatic N) is 3. The summed E-state index contributed by atoms with van der Waals surface area (Å²) in [6, 6.07) is 5.19. The van der Waals surface area contributed by atoms with Gasteiger partial charge in [0, 0.05) is 12.1 Å². The number of carbonyl (C=O) groups excluding carboxylic acids is 1. The van der Waals surface area contributed by atoms with Crippen molar-refractivity contribution in [1.29, 1.82) is 0 Å². The van der Waals surface area contributed by atoms with Crippen molar-refractivity contribution in [3.63, 3.8) is 0 Å². The van der Waals surface area contributed by atoms with E-state index in [0.717, 1.165) is 10.3 Å². The number of rotatable bonds is 5. The molecule has 25 heavy (non-hydrogen) atoms. The summed E-state index contributed by atoms with van der Waals surface area (Å²) in [6.45, 7) is 3.88. The fourth-order valence-electron chi connectivity index (χ4n) is 2.33. The van der Waals surface area contributed by atoms with E-state index in [9.17, 15) is 10.0 Å². The van der Waals surface area contributed by atoms with Crippen molar-refractivity contribution in [2.45, 2.75) is 24.6 Å². The number of pyridine rings is 1. The minimum atomic E-state index is -0.380. The van der Waals surface area contributed by atoms with Gasteiger partial charge in [0.2, 0.25) is 0 Å². The van der Waals surface area contributed by atoms with Crippen LogP contribution in [0.15, 0.2) is 29.4 Å². The second-order valence-corrected chi connectivity index (χ2v) is 7.13. The van der Waals surface area contributed by atoms with E-state index in [2.05, 4.69) is 9.97 Å². The summed E-state index contributed by atoms with van der Waals surface area (Å²) in [5.74, 6) is 0.858. The summed E-state index contributed by atoms with van der Waals surface area (Å²) in [4.78, 5) is 22.0. The van der Waals surface area contributed by atoms with Gasteiger partial charge in [0.05, 0.1) is 17.7 Å². The van der Waals surface area contributed by atoms with Crippen LogP contribution in [-0.2, 0) is 10.5 Å². The Balaban J connectivity index is 1.91. The molecule has 3 aromatic heterocycles. The number of ether oxygens (including phenoxy) is 1. The number of thioether (sulfide) groups is 1. The van der Waals surface area contributed by atoms with E-state index >= 15 is 0 Å². The molecule has 2 N–H and O–H groups in total. The molecule has 0 aliphatic carbocycles. The van der Waals surface area contributed by atoms with Crippen LogP contribution in [0.3, 0.4) is 0 Å². The zero-order valence-electron chi connectivity index (χ0n) is 13.7. The lowest BCUT2D eigenvalue weighted by atomic mass is 10.2. The van der Waals surface area contributed by atoms with E-state index in [-0.39, 0.29) is 5.97 Å². The van der Waals surface area contributed by atoms with Gasteiger partial charge >= 0.3 is 5.97 Å². The maximum absolute atomic E-state index is 12.0. The monoisotopic (exact) mass is 376 g/mol. The molecule has 3 rings (SSSR count). The van der Waals surface area contributed by atoms with Crippen LogP contribution in [0.25, 0.3) is 10.2 Å². The van der Waals surface area contributed by atoms with Crippen molar-refractivity contribution < 1.29 is 14.3 Å². The second-order valence-electron chi connectivity index (χ2n) is 5.14. The third-order valence-corrected chi connectivity index (χ3v) is 5.64. The highest BCUT2D eigenvalue weighted by Crippen LogP contribution is 2.33. The maximum atomic E-state index is 12.0. The number of nitrogen functional groups attached to an aromatic ring is 1. The number of thiophene rings is 1. The molecule has 3 heterocycles. The molecule has 9 heteroatoms. The van der Waals surface area contributed by atoms with Crippen molar-refractivity contribution in [2.24, 2.45) is 0 Å². The van der Waals surface area contributed by atoms with Crippen molar-refractivity contribution in [3.8, 4) is 0 Å². The Kier molecular flexibility index (Phi) is 5.05. The summed E-state index contributed by atoms with van der Waals surface area (Å²) in [5, 5.41) is 12.9. The first kappa shape index (κ1) is 17.4. The minimum Gasteiger partial charge on any atom is -0.618 e. The summed E-state index contributed by atoms with van der Waals surface area (Å²) in [6.07, 6.45) is 1.44. The van der Waals surface area contributed by atoms with Crippen LogP contribution < -0.4 is 10.5 Å². The van der Waals surface area contributed by atoms with Crippen LogP contribution in [0.5, 0.6) is 0 Å². The molecular weight excluding hydrogens is 360 g/mol. The van der Waals surface area contributed by atoms with Crippen LogP contribution in [0.4, 0.5) is 5.82 Å². The average Bonchev–Trinajstić information content (AvgIpc) is 2.92. The third kappa shape index (κ3) is 3.52. The fourth-order valence-corrected chi connectivity index (χ4v) is 4.21. The second kappa shape index (κ2) is 7.24. The topological polar surface area (TPSA) is 105 Å². The van der Waals surface area contributed by atoms with E-state index in [1.54, 1.807) is 25.1 Å². The number of carbonyl (C=O) groups is 1. The SMILES string of the molecule is CCOC(=O)c1sc2nc(CSc3cccc[n+]3[O-])nc(N)c2c1C. The van der Waals surface area contributed by atoms with Crippen LogP contribution in [0.1, 0.15) is 28.0 Å². The van der Waals surface area contributed by atoms with Crippen molar-refractivity contribution in [2.75, 3.05) is 12.3 Å². The Morgan fingerprint density at radius 1 is 1.44 bits per heavy atom. The first-order chi connectivity index (χ1) is 12.0. The molecule has 0 unspecified atom stereocenters. The Bertz CT molecular complexity index is 943. The summed E-state index contributed by atoms with van der Waals surface area (Å²) < 4.78 is 5.86. The molecule has 0 spiro atoms. The lowest BCUT2D eigenvalue weighted by Crippen LogP contribution is -2.27. The smallest absolute Gasteiger partial charge is 0.348 e. The molecule has 0 atom stereocenters. The summed E-state index contributed by atoms with van der Waals surface area (Å²) in [7, 11) is 0. The Morgan fingerprint density at radius 3 is 2.96 bits per heavy atom. The predicted molar refractivity (Wildman–Crippen MR) is 97.5 cm³/mol. The lowest BCUT2D eigenvalue weighted by Gasteiger charge is -2.04. The van der Waals surface area contributed by atoms with Gasteiger partial charge in [-0.05, 0) is 37.2 Å². The average molecular weight is 376 g/mol. The number of fused-ring (bicyclic) bond motifs is 1. The normalized spacial score (nSPS) is 11.0. The van der Waals surface area contributed by atoms with Gasteiger partial charge < -0.3 is 15.7 Å². The zero-order chi connectivity index (χ0) is 18.0. The quantitative estimate of drug-likeness (QED) is 0.316. The molecule has 3 aromatic rings. The van der Waals surface area contributed by atoms with E-state index in [0.29, 0.717) is 44.1 Å². The van der Waals surface area contributed by atoms with Crippen molar-refractivity contribution in [1.82, 2.24) is 9.97 Å². The highest BCUT2D eigenvalue weighted by Gasteiger charge is 2.20. The lowest BCUT2D eigenvalue weighted by molar-refractivity contribution is -0.645. The largest absolute Gasteiger partial charge is 0.618 e. The number of hydrogen-bond donors (Lipinski definition) is 1. The molecule has 0 radical (unpaired) electrons. The number of hydrogen-bond acceptors (Lipinski definition) is 8. The van der Waals surface area contributed by atoms with Crippen LogP contribution in [0.2, 0.25) is 0 Å². The van der Waals surface area contributed by atoms with Crippen molar-refractivity contribution in [3.05, 3.63) is 45.9 Å². The number of aryl methyl sites for hydroxylation is 1. The standard InChI is InChI=1S/C16H16N4O3S2/c1-3-23-16(21)13-9(2)12-14(17)18-10(19-15(12)25-13)8-24-11-6-4-5-7-20(11)22/h4-7H,3,8H2,1-2H3,(H2,17,18,19). The number of aromatic nitrogens is 3. The Labute approximate surface area is 152 Å². The number of esters is 1. The minimum absolute atomic E-state index is 0.307. The predicted octanol–water partition coefficient (Wildman–Crippen LogP) is 2.68. The van der Waals surface area contributed by atoms with Crippen LogP contribution in [-0.4, -0.2) is 22.5 Å². The molecule has 130 valence electrons. The Morgan fingerprint density at radius 2 is 2.24 bits per heavy atom. The molecule has 0 aliphatic heterocycles. The van der Waals surface area contributed by atoms with Gasteiger partial charge in [0.15, 0.2) is 6.20 Å². The highest BCUT2D eigenvalue weighted by molar-refractivity contribution is 7.98. The first-order valence-electron chi connectivity index (χ1n) is 7.54. The third-order valence-electron chi connectivity index (χ3n) is 3.46. The molecule has 0 amide bonds. The van der Waals surface area contributed by atoms with Gasteiger partial charge in [-0.15, -0.1) is 11.3 Å². The van der Waals surface area contributed by atoms with E-state index in [4.69, 9.17) is 10.5 Å². The fraction of sp³-hybridized carbons (Fsp3) is 0.250. The number of nitrogens with two attached hydrogens (primary N) is 1. The van der Waals surface area contributed by atoms with Crippen LogP contribution in [0, 0.1) is 12.1 Å². The molecule has 0 bridgehead atoms. The molecule has 7 nitrogen and oxygen atoms in total. The first-order valence-corrected chi connectivity index (χ1v) is 9.35. The summed E-state index contributed by atoms with van der Waals surface area (Å²) in [5.41, 5.74) is 6.80. The molecule has 0 aromatic carbocycles. The van der Waals surface area contributed by atoms with Crippen molar-refractivity contribution >= 4 is 45.1 Å². The molecular formula is C16H16N4O3S2. The van der Waals surface area contributed by atoms with Gasteiger partial charge in [0.1, 0.15) is 21.3 Å². The van der Waals surface area contributed by atoms with Gasteiger partial charge in [0.25, 0.3) is 5.03 Å². The van der Waals surface area contributed by atoms with Crippen LogP contribution >= 0.6 is 23.1 Å². The Hall–Kier alpha value is -2.39. The molecule has 0 fully saturated rings. The van der Waals surface area contributed by atoms with Gasteiger partial charge in [-0.25, -0.2) is 14.8 Å². The molecule has 0 saturated carbocycles. The van der Waals surface area contributed by atoms with E-state index in [1.165, 1.54) is 29.3 Å². The molecule has 0 aliphatic rings. The van der Waals surface area contributed by atoms with Gasteiger partial charge in [-0.2, -0.15) is 4.73 Å². The zero-order valence-corrected chi connectivity index (χ0v) is 15.3. The van der Waals surface area contributed by atoms with Gasteiger partial charge in [-0.3, -0.25) is 0 Å². The van der Waals surface area contributed by atoms with Gasteiger partial charge in [-0.1, -0.05) is 0 Å². The van der Waals surface area contributed by atoms with E-state index in [1.807, 2.05) is 6.92 Å².